The van der Waals surface area contributed by atoms with Crippen molar-refractivity contribution in [3.8, 4) is 0 Å². The number of aromatic nitrogens is 1. The molecule has 0 saturated carbocycles. The van der Waals surface area contributed by atoms with E-state index in [0.717, 1.165) is 40.0 Å². The van der Waals surface area contributed by atoms with Crippen LogP contribution in [0.15, 0.2) is 18.2 Å². The molecule has 1 aliphatic heterocycles. The Morgan fingerprint density at radius 2 is 2.44 bits per heavy atom. The number of hydrogen-bond acceptors (Lipinski definition) is 4. The van der Waals surface area contributed by atoms with Crippen LogP contribution in [0, 0.1) is 0 Å². The summed E-state index contributed by atoms with van der Waals surface area (Å²) < 4.78 is 6.44. The van der Waals surface area contributed by atoms with Crippen molar-refractivity contribution in [1.29, 1.82) is 0 Å². The number of nitrogens with zero attached hydrogens (tertiary/aromatic N) is 1. The maximum atomic E-state index is 5.94. The fraction of sp³-hybridized carbons (Fsp3) is 0.364. The fourth-order valence-corrected chi connectivity index (χ4v) is 3.00. The molecule has 0 bridgehead atoms. The van der Waals surface area contributed by atoms with Gasteiger partial charge >= 0.3 is 0 Å². The molecule has 16 heavy (non-hydrogen) atoms. The number of nitrogens with one attached hydrogen (secondary N) is 1. The average Bonchev–Trinajstić information content (AvgIpc) is 2.86. The third-order valence-electron chi connectivity index (χ3n) is 2.61. The second-order valence-corrected chi connectivity index (χ2v) is 5.30. The molecule has 1 aromatic heterocycles. The van der Waals surface area contributed by atoms with E-state index in [1.54, 1.807) is 11.3 Å². The lowest BCUT2D eigenvalue weighted by atomic mass is 10.3. The van der Waals surface area contributed by atoms with Crippen molar-refractivity contribution in [3.05, 3.63) is 23.2 Å². The first-order valence-electron chi connectivity index (χ1n) is 5.21. The standard InChI is InChI=1S/C11H11ClN2OS/c12-7-1-2-9-10(5-7)16-11(14-9)13-8-3-4-15-6-8/h1-2,5,8H,3-4,6H2,(H,13,14). The van der Waals surface area contributed by atoms with E-state index in [9.17, 15) is 0 Å². The maximum absolute atomic E-state index is 5.94. The SMILES string of the molecule is Clc1ccc2nc(NC3CCOC3)sc2c1. The van der Waals surface area contributed by atoms with Crippen molar-refractivity contribution in [2.75, 3.05) is 18.5 Å². The van der Waals surface area contributed by atoms with E-state index >= 15 is 0 Å². The molecule has 1 aliphatic rings. The summed E-state index contributed by atoms with van der Waals surface area (Å²) in [5.74, 6) is 0. The zero-order chi connectivity index (χ0) is 11.0. The molecule has 0 spiro atoms. The van der Waals surface area contributed by atoms with Crippen LogP contribution in [-0.4, -0.2) is 24.2 Å². The smallest absolute Gasteiger partial charge is 0.184 e. The van der Waals surface area contributed by atoms with Gasteiger partial charge in [-0.05, 0) is 24.6 Å². The minimum Gasteiger partial charge on any atom is -0.379 e. The molecule has 0 radical (unpaired) electrons. The Hall–Kier alpha value is -0.840. The van der Waals surface area contributed by atoms with Gasteiger partial charge in [-0.1, -0.05) is 22.9 Å². The van der Waals surface area contributed by atoms with Crippen LogP contribution in [0.2, 0.25) is 5.02 Å². The van der Waals surface area contributed by atoms with E-state index in [-0.39, 0.29) is 0 Å². The minimum atomic E-state index is 0.399. The molecule has 1 atom stereocenters. The quantitative estimate of drug-likeness (QED) is 0.894. The van der Waals surface area contributed by atoms with E-state index < -0.39 is 0 Å². The summed E-state index contributed by atoms with van der Waals surface area (Å²) in [6.45, 7) is 1.62. The van der Waals surface area contributed by atoms with Gasteiger partial charge in [0.15, 0.2) is 5.13 Å². The summed E-state index contributed by atoms with van der Waals surface area (Å²) in [6.07, 6.45) is 1.05. The lowest BCUT2D eigenvalue weighted by molar-refractivity contribution is 0.195. The lowest BCUT2D eigenvalue weighted by Gasteiger charge is -2.07. The summed E-state index contributed by atoms with van der Waals surface area (Å²) in [4.78, 5) is 4.51. The van der Waals surface area contributed by atoms with Crippen molar-refractivity contribution in [3.63, 3.8) is 0 Å². The topological polar surface area (TPSA) is 34.2 Å². The molecular weight excluding hydrogens is 244 g/mol. The Kier molecular flexibility index (Phi) is 2.71. The van der Waals surface area contributed by atoms with Crippen LogP contribution in [0.1, 0.15) is 6.42 Å². The first-order chi connectivity index (χ1) is 7.81. The van der Waals surface area contributed by atoms with E-state index in [2.05, 4.69) is 10.3 Å². The number of anilines is 1. The van der Waals surface area contributed by atoms with Gasteiger partial charge in [0, 0.05) is 11.6 Å². The van der Waals surface area contributed by atoms with Crippen LogP contribution in [-0.2, 0) is 4.74 Å². The van der Waals surface area contributed by atoms with Crippen LogP contribution in [0.25, 0.3) is 10.2 Å². The van der Waals surface area contributed by atoms with Gasteiger partial charge in [0.05, 0.1) is 22.9 Å². The highest BCUT2D eigenvalue weighted by molar-refractivity contribution is 7.22. The summed E-state index contributed by atoms with van der Waals surface area (Å²) in [6, 6.07) is 6.16. The number of fused-ring (bicyclic) bond motifs is 1. The predicted octanol–water partition coefficient (Wildman–Crippen LogP) is 3.15. The molecule has 1 saturated heterocycles. The molecule has 84 valence electrons. The number of ether oxygens (including phenoxy) is 1. The first kappa shape index (κ1) is 10.3. The predicted molar refractivity (Wildman–Crippen MR) is 67.5 cm³/mol. The Bertz CT molecular complexity index is 508. The number of rotatable bonds is 2. The normalized spacial score (nSPS) is 20.4. The van der Waals surface area contributed by atoms with Crippen LogP contribution >= 0.6 is 22.9 Å². The van der Waals surface area contributed by atoms with Gasteiger partial charge < -0.3 is 10.1 Å². The molecule has 1 unspecified atom stereocenters. The molecule has 2 aromatic rings. The lowest BCUT2D eigenvalue weighted by Crippen LogP contribution is -2.18. The first-order valence-corrected chi connectivity index (χ1v) is 6.41. The highest BCUT2D eigenvalue weighted by Crippen LogP contribution is 2.29. The average molecular weight is 255 g/mol. The minimum absolute atomic E-state index is 0.399. The third-order valence-corrected chi connectivity index (χ3v) is 3.79. The third kappa shape index (κ3) is 2.00. The number of halogens is 1. The molecule has 1 fully saturated rings. The number of benzene rings is 1. The van der Waals surface area contributed by atoms with Crippen molar-refractivity contribution < 1.29 is 4.74 Å². The molecular formula is C11H11ClN2OS. The van der Waals surface area contributed by atoms with Crippen molar-refractivity contribution in [2.45, 2.75) is 12.5 Å². The Labute approximate surface area is 102 Å². The molecule has 0 amide bonds. The second-order valence-electron chi connectivity index (χ2n) is 3.84. The van der Waals surface area contributed by atoms with Gasteiger partial charge in [-0.3, -0.25) is 0 Å². The largest absolute Gasteiger partial charge is 0.379 e. The maximum Gasteiger partial charge on any atom is 0.184 e. The fourth-order valence-electron chi connectivity index (χ4n) is 1.78. The van der Waals surface area contributed by atoms with Gasteiger partial charge in [-0.15, -0.1) is 0 Å². The Balaban J connectivity index is 1.86. The molecule has 3 rings (SSSR count). The summed E-state index contributed by atoms with van der Waals surface area (Å²) in [7, 11) is 0. The van der Waals surface area contributed by atoms with Crippen LogP contribution < -0.4 is 5.32 Å². The van der Waals surface area contributed by atoms with E-state index in [4.69, 9.17) is 16.3 Å². The molecule has 1 aromatic carbocycles. The van der Waals surface area contributed by atoms with Crippen molar-refractivity contribution >= 4 is 38.3 Å². The highest BCUT2D eigenvalue weighted by Gasteiger charge is 2.16. The van der Waals surface area contributed by atoms with Crippen molar-refractivity contribution in [2.24, 2.45) is 0 Å². The zero-order valence-corrected chi connectivity index (χ0v) is 10.1. The molecule has 1 N–H and O–H groups in total. The molecule has 0 aliphatic carbocycles. The van der Waals surface area contributed by atoms with Gasteiger partial charge in [-0.2, -0.15) is 0 Å². The Morgan fingerprint density at radius 1 is 1.50 bits per heavy atom. The monoisotopic (exact) mass is 254 g/mol. The molecule has 2 heterocycles. The van der Waals surface area contributed by atoms with Crippen LogP contribution in [0.4, 0.5) is 5.13 Å². The zero-order valence-electron chi connectivity index (χ0n) is 8.57. The van der Waals surface area contributed by atoms with Crippen LogP contribution in [0.5, 0.6) is 0 Å². The molecule has 5 heteroatoms. The van der Waals surface area contributed by atoms with E-state index in [1.165, 1.54) is 0 Å². The summed E-state index contributed by atoms with van der Waals surface area (Å²) in [5, 5.41) is 5.10. The van der Waals surface area contributed by atoms with Gasteiger partial charge in [0.2, 0.25) is 0 Å². The van der Waals surface area contributed by atoms with Gasteiger partial charge in [0.1, 0.15) is 0 Å². The number of thiazole rings is 1. The van der Waals surface area contributed by atoms with Gasteiger partial charge in [-0.25, -0.2) is 4.98 Å². The summed E-state index contributed by atoms with van der Waals surface area (Å²) in [5.41, 5.74) is 0.996. The van der Waals surface area contributed by atoms with E-state index in [0.29, 0.717) is 6.04 Å². The Morgan fingerprint density at radius 3 is 3.25 bits per heavy atom. The second kappa shape index (κ2) is 4.20. The van der Waals surface area contributed by atoms with Gasteiger partial charge in [0.25, 0.3) is 0 Å². The van der Waals surface area contributed by atoms with Crippen molar-refractivity contribution in [1.82, 2.24) is 4.98 Å². The summed E-state index contributed by atoms with van der Waals surface area (Å²) >= 11 is 7.57. The number of hydrogen-bond donors (Lipinski definition) is 1. The van der Waals surface area contributed by atoms with E-state index in [1.807, 2.05) is 18.2 Å². The highest BCUT2D eigenvalue weighted by atomic mass is 35.5. The molecule has 3 nitrogen and oxygen atoms in total. The van der Waals surface area contributed by atoms with Crippen LogP contribution in [0.3, 0.4) is 0 Å².